The van der Waals surface area contributed by atoms with Crippen LogP contribution in [-0.4, -0.2) is 17.9 Å². The van der Waals surface area contributed by atoms with Crippen LogP contribution in [0, 0.1) is 11.3 Å². The van der Waals surface area contributed by atoms with Gasteiger partial charge in [-0.15, -0.1) is 0 Å². The number of halogens is 3. The van der Waals surface area contributed by atoms with E-state index < -0.39 is 23.6 Å². The van der Waals surface area contributed by atoms with Crippen molar-refractivity contribution < 1.29 is 22.8 Å². The van der Waals surface area contributed by atoms with E-state index in [1.165, 1.54) is 12.1 Å². The minimum Gasteiger partial charge on any atom is -0.345 e. The molecule has 1 fully saturated rings. The number of nitrogens with one attached hydrogen (secondary N) is 2. The summed E-state index contributed by atoms with van der Waals surface area (Å²) in [4.78, 5) is 24.1. The third-order valence-corrected chi connectivity index (χ3v) is 4.38. The molecule has 0 heterocycles. The highest BCUT2D eigenvalue weighted by atomic mass is 19.4. The number of rotatable bonds is 2. The monoisotopic (exact) mass is 356 g/mol. The fourth-order valence-corrected chi connectivity index (χ4v) is 3.67. The molecule has 2 rings (SSSR count). The van der Waals surface area contributed by atoms with Crippen molar-refractivity contribution in [2.24, 2.45) is 11.3 Å². The van der Waals surface area contributed by atoms with Crippen LogP contribution in [0.4, 0.5) is 18.9 Å². The van der Waals surface area contributed by atoms with E-state index >= 15 is 0 Å². The molecule has 138 valence electrons. The molecular formula is C18H23F3N2O2. The van der Waals surface area contributed by atoms with Crippen molar-refractivity contribution in [2.75, 3.05) is 5.32 Å². The lowest BCUT2D eigenvalue weighted by Gasteiger charge is -2.39. The second-order valence-electron chi connectivity index (χ2n) is 7.62. The molecule has 0 spiro atoms. The third-order valence-electron chi connectivity index (χ3n) is 4.38. The Labute approximate surface area is 145 Å². The van der Waals surface area contributed by atoms with Gasteiger partial charge in [0, 0.05) is 11.7 Å². The number of alkyl halides is 3. The van der Waals surface area contributed by atoms with Crippen LogP contribution in [0.15, 0.2) is 24.3 Å². The average molecular weight is 356 g/mol. The Kier molecular flexibility index (Phi) is 5.44. The Balaban J connectivity index is 1.98. The number of carbonyl (C=O) groups is 2. The van der Waals surface area contributed by atoms with Crippen LogP contribution in [0.25, 0.3) is 0 Å². The number of benzene rings is 1. The lowest BCUT2D eigenvalue weighted by Crippen LogP contribution is -2.46. The molecule has 0 aromatic heterocycles. The summed E-state index contributed by atoms with van der Waals surface area (Å²) < 4.78 is 38.1. The molecule has 0 radical (unpaired) electrons. The highest BCUT2D eigenvalue weighted by Crippen LogP contribution is 2.38. The standard InChI is InChI=1S/C18H23F3N2O2/c1-11-7-14(10-17(2,3)9-11)23-16(25)15(24)22-13-6-4-5-12(8-13)18(19,20)21/h4-6,8,11,14H,7,9-10H2,1-3H3,(H,22,24)(H,23,25)/t11-,14+/m1/s1. The van der Waals surface area contributed by atoms with Crippen molar-refractivity contribution in [1.29, 1.82) is 0 Å². The van der Waals surface area contributed by atoms with Gasteiger partial charge in [-0.2, -0.15) is 13.2 Å². The SMILES string of the molecule is C[C@@H]1C[C@H](NC(=O)C(=O)Nc2cccc(C(F)(F)F)c2)CC(C)(C)C1. The molecule has 1 aromatic rings. The molecule has 0 unspecified atom stereocenters. The van der Waals surface area contributed by atoms with Crippen molar-refractivity contribution in [1.82, 2.24) is 5.32 Å². The second-order valence-corrected chi connectivity index (χ2v) is 7.62. The number of anilines is 1. The Morgan fingerprint density at radius 3 is 2.44 bits per heavy atom. The van der Waals surface area contributed by atoms with Gasteiger partial charge < -0.3 is 10.6 Å². The lowest BCUT2D eigenvalue weighted by atomic mass is 9.70. The molecule has 1 aliphatic rings. The Bertz CT molecular complexity index is 656. The summed E-state index contributed by atoms with van der Waals surface area (Å²) in [7, 11) is 0. The molecule has 2 atom stereocenters. The van der Waals surface area contributed by atoms with E-state index in [0.717, 1.165) is 31.4 Å². The maximum atomic E-state index is 12.7. The van der Waals surface area contributed by atoms with Gasteiger partial charge in [-0.05, 0) is 48.8 Å². The molecule has 4 nitrogen and oxygen atoms in total. The van der Waals surface area contributed by atoms with Crippen LogP contribution in [0.1, 0.15) is 45.6 Å². The minimum atomic E-state index is -4.51. The average Bonchev–Trinajstić information content (AvgIpc) is 2.44. The van der Waals surface area contributed by atoms with Gasteiger partial charge in [0.15, 0.2) is 0 Å². The largest absolute Gasteiger partial charge is 0.416 e. The highest BCUT2D eigenvalue weighted by molar-refractivity contribution is 6.39. The zero-order valence-electron chi connectivity index (χ0n) is 14.5. The third kappa shape index (κ3) is 5.47. The van der Waals surface area contributed by atoms with Gasteiger partial charge in [0.2, 0.25) is 0 Å². The number of hydrogen-bond donors (Lipinski definition) is 2. The zero-order chi connectivity index (χ0) is 18.8. The van der Waals surface area contributed by atoms with Gasteiger partial charge in [-0.3, -0.25) is 9.59 Å². The molecule has 0 aliphatic heterocycles. The molecule has 0 bridgehead atoms. The van der Waals surface area contributed by atoms with E-state index in [1.54, 1.807) is 0 Å². The van der Waals surface area contributed by atoms with Crippen LogP contribution >= 0.6 is 0 Å². The molecular weight excluding hydrogens is 333 g/mol. The molecule has 1 aliphatic carbocycles. The van der Waals surface area contributed by atoms with E-state index in [9.17, 15) is 22.8 Å². The molecule has 2 amide bonds. The topological polar surface area (TPSA) is 58.2 Å². The minimum absolute atomic E-state index is 0.0627. The summed E-state index contributed by atoms with van der Waals surface area (Å²) in [5, 5.41) is 4.92. The Morgan fingerprint density at radius 1 is 1.16 bits per heavy atom. The van der Waals surface area contributed by atoms with E-state index in [0.29, 0.717) is 5.92 Å². The number of amides is 2. The summed E-state index contributed by atoms with van der Waals surface area (Å²) in [6.07, 6.45) is -1.91. The molecule has 25 heavy (non-hydrogen) atoms. The van der Waals surface area contributed by atoms with Gasteiger partial charge in [0.05, 0.1) is 5.56 Å². The maximum absolute atomic E-state index is 12.7. The summed E-state index contributed by atoms with van der Waals surface area (Å²) in [5.74, 6) is -1.36. The fourth-order valence-electron chi connectivity index (χ4n) is 3.67. The molecule has 0 saturated heterocycles. The van der Waals surface area contributed by atoms with Crippen LogP contribution in [0.5, 0.6) is 0 Å². The van der Waals surface area contributed by atoms with E-state index in [-0.39, 0.29) is 17.1 Å². The van der Waals surface area contributed by atoms with Gasteiger partial charge >= 0.3 is 18.0 Å². The van der Waals surface area contributed by atoms with Gasteiger partial charge in [0.1, 0.15) is 0 Å². The molecule has 2 N–H and O–H groups in total. The molecule has 7 heteroatoms. The smallest absolute Gasteiger partial charge is 0.345 e. The summed E-state index contributed by atoms with van der Waals surface area (Å²) in [6, 6.07) is 4.09. The Morgan fingerprint density at radius 2 is 1.84 bits per heavy atom. The quantitative estimate of drug-likeness (QED) is 0.788. The van der Waals surface area contributed by atoms with Crippen molar-refractivity contribution in [2.45, 2.75) is 52.3 Å². The summed E-state index contributed by atoms with van der Waals surface area (Å²) in [5.41, 5.74) is -0.867. The van der Waals surface area contributed by atoms with Gasteiger partial charge in [0.25, 0.3) is 0 Å². The Hall–Kier alpha value is -2.05. The first kappa shape index (κ1) is 19.3. The first-order valence-corrected chi connectivity index (χ1v) is 8.25. The number of hydrogen-bond acceptors (Lipinski definition) is 2. The number of carbonyl (C=O) groups excluding carboxylic acids is 2. The van der Waals surface area contributed by atoms with Crippen molar-refractivity contribution in [3.05, 3.63) is 29.8 Å². The highest BCUT2D eigenvalue weighted by Gasteiger charge is 2.34. The first-order valence-electron chi connectivity index (χ1n) is 8.25. The predicted molar refractivity (Wildman–Crippen MR) is 88.8 cm³/mol. The van der Waals surface area contributed by atoms with Gasteiger partial charge in [-0.1, -0.05) is 26.8 Å². The van der Waals surface area contributed by atoms with E-state index in [1.807, 2.05) is 0 Å². The normalized spacial score (nSPS) is 23.0. The van der Waals surface area contributed by atoms with Crippen molar-refractivity contribution >= 4 is 17.5 Å². The van der Waals surface area contributed by atoms with Crippen molar-refractivity contribution in [3.63, 3.8) is 0 Å². The van der Waals surface area contributed by atoms with Crippen LogP contribution in [0.2, 0.25) is 0 Å². The summed E-state index contributed by atoms with van der Waals surface area (Å²) in [6.45, 7) is 6.33. The molecule has 1 saturated carbocycles. The van der Waals surface area contributed by atoms with E-state index in [2.05, 4.69) is 31.4 Å². The van der Waals surface area contributed by atoms with Crippen LogP contribution < -0.4 is 10.6 Å². The summed E-state index contributed by atoms with van der Waals surface area (Å²) >= 11 is 0. The van der Waals surface area contributed by atoms with Crippen molar-refractivity contribution in [3.8, 4) is 0 Å². The fraction of sp³-hybridized carbons (Fsp3) is 0.556. The lowest BCUT2D eigenvalue weighted by molar-refractivity contribution is -0.137. The molecule has 1 aromatic carbocycles. The second kappa shape index (κ2) is 7.06. The van der Waals surface area contributed by atoms with Crippen LogP contribution in [-0.2, 0) is 15.8 Å². The maximum Gasteiger partial charge on any atom is 0.416 e. The zero-order valence-corrected chi connectivity index (χ0v) is 14.5. The predicted octanol–water partition coefficient (Wildman–Crippen LogP) is 3.97. The van der Waals surface area contributed by atoms with E-state index in [4.69, 9.17) is 0 Å². The van der Waals surface area contributed by atoms with Crippen LogP contribution in [0.3, 0.4) is 0 Å². The van der Waals surface area contributed by atoms with Gasteiger partial charge in [-0.25, -0.2) is 0 Å². The first-order chi connectivity index (χ1) is 11.5.